The Kier molecular flexibility index (Phi) is 6.48. The van der Waals surface area contributed by atoms with Crippen molar-refractivity contribution in [3.63, 3.8) is 0 Å². The molecule has 0 saturated carbocycles. The number of anilines is 1. The Morgan fingerprint density at radius 2 is 1.59 bits per heavy atom. The van der Waals surface area contributed by atoms with E-state index in [2.05, 4.69) is 9.71 Å². The summed E-state index contributed by atoms with van der Waals surface area (Å²) in [6.07, 6.45) is 0. The normalized spacial score (nSPS) is 11.3. The van der Waals surface area contributed by atoms with Gasteiger partial charge in [0, 0.05) is 16.5 Å². The molecule has 0 amide bonds. The number of aromatic nitrogens is 1. The quantitative estimate of drug-likeness (QED) is 0.364. The Bertz CT molecular complexity index is 1320. The highest BCUT2D eigenvalue weighted by Crippen LogP contribution is 2.34. The van der Waals surface area contributed by atoms with Crippen LogP contribution in [0, 0.1) is 11.6 Å². The van der Waals surface area contributed by atoms with Crippen LogP contribution in [0.15, 0.2) is 78.2 Å². The number of ether oxygens (including phenoxy) is 1. The van der Waals surface area contributed by atoms with E-state index in [0.29, 0.717) is 33.3 Å². The van der Waals surface area contributed by atoms with Gasteiger partial charge in [0.1, 0.15) is 34.8 Å². The topological polar surface area (TPSA) is 68.3 Å². The summed E-state index contributed by atoms with van der Waals surface area (Å²) in [5.41, 5.74) is 1.86. The first-order valence-electron chi connectivity index (χ1n) is 9.60. The predicted molar refractivity (Wildman–Crippen MR) is 122 cm³/mol. The summed E-state index contributed by atoms with van der Waals surface area (Å²) in [5.74, 6) is -0.687. The molecule has 1 N–H and O–H groups in total. The first-order valence-corrected chi connectivity index (χ1v) is 12.1. The Morgan fingerprint density at radius 1 is 0.906 bits per heavy atom. The highest BCUT2D eigenvalue weighted by molar-refractivity contribution is 7.92. The zero-order valence-corrected chi connectivity index (χ0v) is 18.3. The number of para-hydroxylation sites is 1. The number of rotatable bonds is 8. The molecule has 5 nitrogen and oxygen atoms in total. The van der Waals surface area contributed by atoms with Gasteiger partial charge in [-0.25, -0.2) is 22.2 Å². The fourth-order valence-electron chi connectivity index (χ4n) is 2.97. The van der Waals surface area contributed by atoms with Crippen LogP contribution in [0.1, 0.15) is 0 Å². The van der Waals surface area contributed by atoms with Crippen LogP contribution in [0.4, 0.5) is 14.5 Å². The largest absolute Gasteiger partial charge is 0.492 e. The molecule has 0 aliphatic rings. The Balaban J connectivity index is 1.49. The summed E-state index contributed by atoms with van der Waals surface area (Å²) in [6, 6.07) is 18.5. The van der Waals surface area contributed by atoms with E-state index in [0.717, 1.165) is 0 Å². The number of benzene rings is 3. The average Bonchev–Trinajstić information content (AvgIpc) is 3.25. The fraction of sp³-hybridized carbons (Fsp3) is 0.0870. The van der Waals surface area contributed by atoms with Crippen molar-refractivity contribution < 1.29 is 21.9 Å². The molecule has 0 bridgehead atoms. The van der Waals surface area contributed by atoms with Crippen molar-refractivity contribution >= 4 is 27.0 Å². The second-order valence-electron chi connectivity index (χ2n) is 6.79. The third-order valence-corrected chi connectivity index (χ3v) is 6.62. The lowest BCUT2D eigenvalue weighted by Crippen LogP contribution is -2.21. The van der Waals surface area contributed by atoms with E-state index in [1.165, 1.54) is 41.7 Å². The van der Waals surface area contributed by atoms with Crippen LogP contribution in [0.5, 0.6) is 5.75 Å². The number of hydrogen-bond donors (Lipinski definition) is 1. The van der Waals surface area contributed by atoms with Gasteiger partial charge >= 0.3 is 0 Å². The molecule has 0 spiro atoms. The van der Waals surface area contributed by atoms with Crippen molar-refractivity contribution in [3.8, 4) is 27.6 Å². The number of nitrogens with zero attached hydrogens (tertiary/aromatic N) is 1. The van der Waals surface area contributed by atoms with Gasteiger partial charge in [-0.2, -0.15) is 0 Å². The van der Waals surface area contributed by atoms with E-state index < -0.39 is 15.8 Å². The smallest absolute Gasteiger partial charge is 0.236 e. The molecule has 0 saturated heterocycles. The van der Waals surface area contributed by atoms with Crippen molar-refractivity contribution in [3.05, 3.63) is 89.8 Å². The van der Waals surface area contributed by atoms with Crippen molar-refractivity contribution in [1.29, 1.82) is 0 Å². The molecule has 0 atom stereocenters. The van der Waals surface area contributed by atoms with Gasteiger partial charge in [-0.1, -0.05) is 30.3 Å². The lowest BCUT2D eigenvalue weighted by atomic mass is 10.1. The molecule has 32 heavy (non-hydrogen) atoms. The molecule has 0 unspecified atom stereocenters. The van der Waals surface area contributed by atoms with E-state index >= 15 is 0 Å². The Morgan fingerprint density at radius 3 is 2.34 bits per heavy atom. The Labute approximate surface area is 188 Å². The average molecular weight is 473 g/mol. The van der Waals surface area contributed by atoms with Crippen LogP contribution in [-0.2, 0) is 10.0 Å². The SMILES string of the molecule is O=S(=O)(CCOc1ccc(F)cc1)Nc1ccccc1-c1csc(-c2ccccc2F)n1. The minimum absolute atomic E-state index is 0.0999. The molecule has 164 valence electrons. The molecule has 0 fully saturated rings. The minimum Gasteiger partial charge on any atom is -0.492 e. The lowest BCUT2D eigenvalue weighted by Gasteiger charge is -2.12. The van der Waals surface area contributed by atoms with Crippen molar-refractivity contribution in [2.24, 2.45) is 0 Å². The van der Waals surface area contributed by atoms with E-state index in [1.54, 1.807) is 47.8 Å². The first-order chi connectivity index (χ1) is 15.4. The van der Waals surface area contributed by atoms with Gasteiger partial charge in [0.15, 0.2) is 0 Å². The highest BCUT2D eigenvalue weighted by Gasteiger charge is 2.17. The summed E-state index contributed by atoms with van der Waals surface area (Å²) >= 11 is 1.28. The summed E-state index contributed by atoms with van der Waals surface area (Å²) in [4.78, 5) is 4.50. The number of thiazole rings is 1. The van der Waals surface area contributed by atoms with Crippen molar-refractivity contribution in [2.45, 2.75) is 0 Å². The van der Waals surface area contributed by atoms with Crippen molar-refractivity contribution in [1.82, 2.24) is 4.98 Å². The van der Waals surface area contributed by atoms with Gasteiger partial charge in [0.2, 0.25) is 10.0 Å². The van der Waals surface area contributed by atoms with Gasteiger partial charge in [0.25, 0.3) is 0 Å². The first kappa shape index (κ1) is 21.9. The van der Waals surface area contributed by atoms with Gasteiger partial charge in [0.05, 0.1) is 11.4 Å². The number of halogens is 2. The molecule has 9 heteroatoms. The third-order valence-electron chi connectivity index (χ3n) is 4.51. The number of nitrogens with one attached hydrogen (secondary N) is 1. The van der Waals surface area contributed by atoms with Crippen LogP contribution in [0.25, 0.3) is 21.8 Å². The van der Waals surface area contributed by atoms with Gasteiger partial charge in [-0.3, -0.25) is 4.72 Å². The molecule has 4 rings (SSSR count). The van der Waals surface area contributed by atoms with E-state index in [-0.39, 0.29) is 18.2 Å². The Hall–Kier alpha value is -3.30. The van der Waals surface area contributed by atoms with Gasteiger partial charge in [-0.15, -0.1) is 11.3 Å². The molecule has 4 aromatic rings. The van der Waals surface area contributed by atoms with Crippen molar-refractivity contribution in [2.75, 3.05) is 17.1 Å². The molecule has 0 aliphatic carbocycles. The second kappa shape index (κ2) is 9.46. The van der Waals surface area contributed by atoms with Crippen LogP contribution in [0.2, 0.25) is 0 Å². The van der Waals surface area contributed by atoms with Crippen LogP contribution in [-0.4, -0.2) is 25.8 Å². The zero-order valence-electron chi connectivity index (χ0n) is 16.7. The fourth-order valence-corrected chi connectivity index (χ4v) is 4.73. The molecule has 1 heterocycles. The molecule has 0 aliphatic heterocycles. The van der Waals surface area contributed by atoms with Crippen LogP contribution in [0.3, 0.4) is 0 Å². The summed E-state index contributed by atoms with van der Waals surface area (Å²) < 4.78 is 60.2. The maximum Gasteiger partial charge on any atom is 0.236 e. The number of sulfonamides is 1. The predicted octanol–water partition coefficient (Wildman–Crippen LogP) is 5.58. The molecule has 3 aromatic carbocycles. The summed E-state index contributed by atoms with van der Waals surface area (Å²) in [6.45, 7) is -0.0999. The summed E-state index contributed by atoms with van der Waals surface area (Å²) in [7, 11) is -3.73. The molecule has 0 radical (unpaired) electrons. The highest BCUT2D eigenvalue weighted by atomic mass is 32.2. The third kappa shape index (κ3) is 5.30. The maximum absolute atomic E-state index is 14.1. The standard InChI is InChI=1S/C23H18F2N2O3S2/c24-16-9-11-17(12-10-16)30-13-14-32(28,29)27-21-8-4-2-6-19(21)22-15-31-23(26-22)18-5-1-3-7-20(18)25/h1-12,15,27H,13-14H2. The number of hydrogen-bond acceptors (Lipinski definition) is 5. The summed E-state index contributed by atoms with van der Waals surface area (Å²) in [5, 5.41) is 2.26. The van der Waals surface area contributed by atoms with Crippen LogP contribution < -0.4 is 9.46 Å². The lowest BCUT2D eigenvalue weighted by molar-refractivity contribution is 0.340. The van der Waals surface area contributed by atoms with E-state index in [9.17, 15) is 17.2 Å². The van der Waals surface area contributed by atoms with E-state index in [4.69, 9.17) is 4.74 Å². The maximum atomic E-state index is 14.1. The van der Waals surface area contributed by atoms with E-state index in [1.807, 2.05) is 0 Å². The molecular weight excluding hydrogens is 454 g/mol. The second-order valence-corrected chi connectivity index (χ2v) is 9.49. The van der Waals surface area contributed by atoms with Gasteiger partial charge < -0.3 is 4.74 Å². The molecule has 1 aromatic heterocycles. The molecular formula is C23H18F2N2O3S2. The van der Waals surface area contributed by atoms with Gasteiger partial charge in [-0.05, 0) is 42.5 Å². The minimum atomic E-state index is -3.73. The monoisotopic (exact) mass is 472 g/mol. The zero-order chi connectivity index (χ0) is 22.6. The van der Waals surface area contributed by atoms with Crippen LogP contribution >= 0.6 is 11.3 Å².